The summed E-state index contributed by atoms with van der Waals surface area (Å²) in [4.78, 5) is 46.5. The number of benzene rings is 2. The zero-order valence-corrected chi connectivity index (χ0v) is 15.5. The summed E-state index contributed by atoms with van der Waals surface area (Å²) in [7, 11) is 0. The summed E-state index contributed by atoms with van der Waals surface area (Å²) in [5.41, 5.74) is 6.58. The van der Waals surface area contributed by atoms with E-state index in [0.29, 0.717) is 35.1 Å². The standard InChI is InChI=1S/C21H19N5O3/c27-19(25-26-21(29)15-12-22-16-8-3-1-6-13(15)16)11-5-10-18-23-17-9-4-2-7-14(17)20(28)24-18/h1-4,6-9,12,22H,5,10-11H2,(H,25,27)(H,26,29)(H,23,24,28). The average molecular weight is 389 g/mol. The predicted molar refractivity (Wildman–Crippen MR) is 109 cm³/mol. The zero-order valence-electron chi connectivity index (χ0n) is 15.5. The van der Waals surface area contributed by atoms with E-state index in [1.54, 1.807) is 24.4 Å². The summed E-state index contributed by atoms with van der Waals surface area (Å²) in [5.74, 6) is -0.179. The number of H-pyrrole nitrogens is 2. The van der Waals surface area contributed by atoms with Gasteiger partial charge in [0, 0.05) is 29.9 Å². The quantitative estimate of drug-likeness (QED) is 0.391. The van der Waals surface area contributed by atoms with Crippen molar-refractivity contribution in [3.63, 3.8) is 0 Å². The first-order valence-corrected chi connectivity index (χ1v) is 9.25. The van der Waals surface area contributed by atoms with Crippen LogP contribution in [0.4, 0.5) is 0 Å². The Hall–Kier alpha value is -3.94. The SMILES string of the molecule is O=C(CCCc1nc2ccccc2c(=O)[nH]1)NNC(=O)c1c[nH]c2ccccc12. The highest BCUT2D eigenvalue weighted by atomic mass is 16.2. The highest BCUT2D eigenvalue weighted by molar-refractivity contribution is 6.07. The highest BCUT2D eigenvalue weighted by Crippen LogP contribution is 2.17. The van der Waals surface area contributed by atoms with Crippen LogP contribution in [0.25, 0.3) is 21.8 Å². The lowest BCUT2D eigenvalue weighted by Gasteiger charge is -2.07. The second-order valence-electron chi connectivity index (χ2n) is 6.63. The van der Waals surface area contributed by atoms with Gasteiger partial charge in [-0.25, -0.2) is 4.98 Å². The van der Waals surface area contributed by atoms with E-state index < -0.39 is 5.91 Å². The molecule has 0 unspecified atom stereocenters. The van der Waals surface area contributed by atoms with Crippen LogP contribution < -0.4 is 16.4 Å². The van der Waals surface area contributed by atoms with Gasteiger partial charge in [0.25, 0.3) is 11.5 Å². The fourth-order valence-corrected chi connectivity index (χ4v) is 3.19. The minimum Gasteiger partial charge on any atom is -0.360 e. The van der Waals surface area contributed by atoms with E-state index in [4.69, 9.17) is 0 Å². The van der Waals surface area contributed by atoms with Gasteiger partial charge in [0.15, 0.2) is 0 Å². The van der Waals surface area contributed by atoms with Crippen molar-refractivity contribution < 1.29 is 9.59 Å². The molecule has 0 saturated carbocycles. The summed E-state index contributed by atoms with van der Waals surface area (Å²) in [5, 5.41) is 1.32. The van der Waals surface area contributed by atoms with Crippen LogP contribution in [0.15, 0.2) is 59.5 Å². The monoisotopic (exact) mass is 389 g/mol. The number of nitrogens with zero attached hydrogens (tertiary/aromatic N) is 1. The first-order chi connectivity index (χ1) is 14.1. The molecule has 0 atom stereocenters. The number of fused-ring (bicyclic) bond motifs is 2. The Kier molecular flexibility index (Phi) is 5.07. The van der Waals surface area contributed by atoms with E-state index in [2.05, 4.69) is 25.8 Å². The van der Waals surface area contributed by atoms with Crippen LogP contribution in [0.3, 0.4) is 0 Å². The van der Waals surface area contributed by atoms with Crippen molar-refractivity contribution in [2.45, 2.75) is 19.3 Å². The fourth-order valence-electron chi connectivity index (χ4n) is 3.19. The van der Waals surface area contributed by atoms with Crippen LogP contribution in [0.1, 0.15) is 29.0 Å². The Bertz CT molecular complexity index is 1260. The molecule has 146 valence electrons. The molecular weight excluding hydrogens is 370 g/mol. The van der Waals surface area contributed by atoms with E-state index in [9.17, 15) is 14.4 Å². The molecule has 4 rings (SSSR count). The maximum Gasteiger partial charge on any atom is 0.271 e. The summed E-state index contributed by atoms with van der Waals surface area (Å²) in [6, 6.07) is 14.5. The number of carbonyl (C=O) groups excluding carboxylic acids is 2. The van der Waals surface area contributed by atoms with E-state index in [0.717, 1.165) is 10.9 Å². The van der Waals surface area contributed by atoms with Crippen molar-refractivity contribution >= 4 is 33.6 Å². The number of hydrazine groups is 1. The van der Waals surface area contributed by atoms with E-state index in [1.165, 1.54) is 0 Å². The Balaban J connectivity index is 1.29. The molecule has 0 aliphatic carbocycles. The number of para-hydroxylation sites is 2. The van der Waals surface area contributed by atoms with Crippen molar-refractivity contribution in [2.24, 2.45) is 0 Å². The number of rotatable bonds is 5. The third-order valence-electron chi connectivity index (χ3n) is 4.63. The molecule has 2 aromatic heterocycles. The van der Waals surface area contributed by atoms with Crippen molar-refractivity contribution in [2.75, 3.05) is 0 Å². The largest absolute Gasteiger partial charge is 0.360 e. The van der Waals surface area contributed by atoms with Crippen LogP contribution >= 0.6 is 0 Å². The molecule has 4 aromatic rings. The summed E-state index contributed by atoms with van der Waals surface area (Å²) in [6.45, 7) is 0. The lowest BCUT2D eigenvalue weighted by Crippen LogP contribution is -2.41. The number of aryl methyl sites for hydroxylation is 1. The first-order valence-electron chi connectivity index (χ1n) is 9.25. The smallest absolute Gasteiger partial charge is 0.271 e. The lowest BCUT2D eigenvalue weighted by atomic mass is 10.2. The normalized spacial score (nSPS) is 10.9. The molecule has 0 spiro atoms. The van der Waals surface area contributed by atoms with Crippen LogP contribution in [-0.2, 0) is 11.2 Å². The van der Waals surface area contributed by atoms with Gasteiger partial charge in [0.1, 0.15) is 5.82 Å². The maximum absolute atomic E-state index is 12.3. The Labute approximate surface area is 165 Å². The second kappa shape index (κ2) is 7.97. The molecule has 0 aliphatic rings. The average Bonchev–Trinajstić information content (AvgIpc) is 3.16. The summed E-state index contributed by atoms with van der Waals surface area (Å²) < 4.78 is 0. The molecule has 0 radical (unpaired) electrons. The number of hydrogen-bond acceptors (Lipinski definition) is 4. The van der Waals surface area contributed by atoms with Crippen LogP contribution in [0, 0.1) is 0 Å². The van der Waals surface area contributed by atoms with Crippen molar-refractivity contribution in [3.05, 3.63) is 76.5 Å². The van der Waals surface area contributed by atoms with Gasteiger partial charge in [0.05, 0.1) is 16.5 Å². The Morgan fingerprint density at radius 2 is 1.72 bits per heavy atom. The molecule has 8 heteroatoms. The number of hydrogen-bond donors (Lipinski definition) is 4. The van der Waals surface area contributed by atoms with Gasteiger partial charge >= 0.3 is 0 Å². The van der Waals surface area contributed by atoms with Gasteiger partial charge in [-0.15, -0.1) is 0 Å². The zero-order chi connectivity index (χ0) is 20.2. The number of amides is 2. The van der Waals surface area contributed by atoms with Gasteiger partial charge in [-0.05, 0) is 24.6 Å². The first kappa shape index (κ1) is 18.4. The number of aromatic nitrogens is 3. The summed E-state index contributed by atoms with van der Waals surface area (Å²) in [6.07, 6.45) is 2.72. The molecular formula is C21H19N5O3. The van der Waals surface area contributed by atoms with Gasteiger partial charge < -0.3 is 9.97 Å². The number of nitrogens with one attached hydrogen (secondary N) is 4. The molecule has 4 N–H and O–H groups in total. The van der Waals surface area contributed by atoms with Gasteiger partial charge in [0.2, 0.25) is 5.91 Å². The van der Waals surface area contributed by atoms with Crippen molar-refractivity contribution in [1.29, 1.82) is 0 Å². The lowest BCUT2D eigenvalue weighted by molar-refractivity contribution is -0.121. The number of carbonyl (C=O) groups is 2. The molecule has 0 aliphatic heterocycles. The van der Waals surface area contributed by atoms with E-state index >= 15 is 0 Å². The molecule has 2 aromatic carbocycles. The van der Waals surface area contributed by atoms with E-state index in [-0.39, 0.29) is 17.9 Å². The molecule has 2 amide bonds. The molecule has 8 nitrogen and oxygen atoms in total. The van der Waals surface area contributed by atoms with Crippen LogP contribution in [0.5, 0.6) is 0 Å². The van der Waals surface area contributed by atoms with Gasteiger partial charge in [-0.2, -0.15) is 0 Å². The van der Waals surface area contributed by atoms with Crippen LogP contribution in [0.2, 0.25) is 0 Å². The third-order valence-corrected chi connectivity index (χ3v) is 4.63. The Morgan fingerprint density at radius 3 is 2.59 bits per heavy atom. The molecule has 29 heavy (non-hydrogen) atoms. The van der Waals surface area contributed by atoms with Crippen molar-refractivity contribution in [1.82, 2.24) is 25.8 Å². The molecule has 0 fully saturated rings. The highest BCUT2D eigenvalue weighted by Gasteiger charge is 2.12. The minimum absolute atomic E-state index is 0.185. The molecule has 0 saturated heterocycles. The maximum atomic E-state index is 12.3. The van der Waals surface area contributed by atoms with Crippen molar-refractivity contribution in [3.8, 4) is 0 Å². The Morgan fingerprint density at radius 1 is 0.966 bits per heavy atom. The predicted octanol–water partition coefficient (Wildman–Crippen LogP) is 2.19. The van der Waals surface area contributed by atoms with Gasteiger partial charge in [-0.1, -0.05) is 30.3 Å². The minimum atomic E-state index is -0.392. The molecule has 0 bridgehead atoms. The second-order valence-corrected chi connectivity index (χ2v) is 6.63. The third kappa shape index (κ3) is 4.01. The molecule has 2 heterocycles. The van der Waals surface area contributed by atoms with Crippen LogP contribution in [-0.4, -0.2) is 26.8 Å². The topological polar surface area (TPSA) is 120 Å². The van der Waals surface area contributed by atoms with E-state index in [1.807, 2.05) is 30.3 Å². The number of aromatic amines is 2. The fraction of sp³-hybridized carbons (Fsp3) is 0.143. The van der Waals surface area contributed by atoms with Gasteiger partial charge in [-0.3, -0.25) is 25.2 Å². The summed E-state index contributed by atoms with van der Waals surface area (Å²) >= 11 is 0.